The first-order valence-corrected chi connectivity index (χ1v) is 8.28. The summed E-state index contributed by atoms with van der Waals surface area (Å²) in [4.78, 5) is 2.83. The van der Waals surface area contributed by atoms with E-state index in [2.05, 4.69) is 17.1 Å². The highest BCUT2D eigenvalue weighted by molar-refractivity contribution is 5.00. The summed E-state index contributed by atoms with van der Waals surface area (Å²) in [7, 11) is 1.81. The molecule has 1 unspecified atom stereocenters. The van der Waals surface area contributed by atoms with Crippen molar-refractivity contribution in [2.45, 2.75) is 69.9 Å². The molecule has 3 nitrogen and oxygen atoms in total. The number of piperazine rings is 1. The first-order valence-electron chi connectivity index (χ1n) is 8.28. The molecule has 2 fully saturated rings. The molecule has 0 amide bonds. The van der Waals surface area contributed by atoms with Crippen molar-refractivity contribution in [1.82, 2.24) is 10.2 Å². The molecule has 3 heteroatoms. The number of hydrogen-bond acceptors (Lipinski definition) is 3. The van der Waals surface area contributed by atoms with Crippen molar-refractivity contribution in [3.8, 4) is 0 Å². The molecule has 1 atom stereocenters. The van der Waals surface area contributed by atoms with Gasteiger partial charge in [-0.3, -0.25) is 4.90 Å². The smallest absolute Gasteiger partial charge is 0.0462 e. The molecule has 1 aliphatic heterocycles. The Bertz CT molecular complexity index is 251. The topological polar surface area (TPSA) is 24.5 Å². The van der Waals surface area contributed by atoms with E-state index in [1.165, 1.54) is 71.0 Å². The van der Waals surface area contributed by atoms with Crippen LogP contribution in [0.4, 0.5) is 0 Å². The van der Waals surface area contributed by atoms with E-state index >= 15 is 0 Å². The van der Waals surface area contributed by atoms with Crippen molar-refractivity contribution < 1.29 is 4.74 Å². The molecule has 0 aromatic carbocycles. The van der Waals surface area contributed by atoms with Crippen LogP contribution in [0.25, 0.3) is 0 Å². The molecule has 1 spiro atoms. The van der Waals surface area contributed by atoms with Gasteiger partial charge in [-0.2, -0.15) is 0 Å². The van der Waals surface area contributed by atoms with Gasteiger partial charge < -0.3 is 10.1 Å². The Kier molecular flexibility index (Phi) is 6.11. The number of ether oxygens (including phenoxy) is 1. The lowest BCUT2D eigenvalue weighted by atomic mass is 9.78. The number of nitrogens with zero attached hydrogens (tertiary/aromatic N) is 1. The molecular weight excluding hydrogens is 236 g/mol. The molecule has 0 radical (unpaired) electrons. The second-order valence-electron chi connectivity index (χ2n) is 6.42. The van der Waals surface area contributed by atoms with E-state index in [-0.39, 0.29) is 0 Å². The minimum atomic E-state index is 0.483. The normalized spacial score (nSPS) is 27.8. The highest BCUT2D eigenvalue weighted by Gasteiger charge is 2.41. The molecule has 0 bridgehead atoms. The van der Waals surface area contributed by atoms with Crippen LogP contribution in [-0.4, -0.2) is 49.8 Å². The van der Waals surface area contributed by atoms with Gasteiger partial charge in [-0.05, 0) is 38.6 Å². The van der Waals surface area contributed by atoms with E-state index in [0.29, 0.717) is 11.6 Å². The lowest BCUT2D eigenvalue weighted by Crippen LogP contribution is -2.65. The van der Waals surface area contributed by atoms with Gasteiger partial charge in [0, 0.05) is 38.4 Å². The van der Waals surface area contributed by atoms with Crippen LogP contribution in [0.5, 0.6) is 0 Å². The average Bonchev–Trinajstić information content (AvgIpc) is 2.46. The Morgan fingerprint density at radius 2 is 2.00 bits per heavy atom. The van der Waals surface area contributed by atoms with E-state index in [1.807, 2.05) is 0 Å². The summed E-state index contributed by atoms with van der Waals surface area (Å²) < 4.78 is 5.18. The zero-order chi connectivity index (χ0) is 13.6. The van der Waals surface area contributed by atoms with Gasteiger partial charge in [0.2, 0.25) is 0 Å². The third kappa shape index (κ3) is 3.93. The summed E-state index contributed by atoms with van der Waals surface area (Å²) in [5.74, 6) is 0. The minimum Gasteiger partial charge on any atom is -0.385 e. The van der Waals surface area contributed by atoms with Crippen molar-refractivity contribution in [1.29, 1.82) is 0 Å². The maximum Gasteiger partial charge on any atom is 0.0462 e. The largest absolute Gasteiger partial charge is 0.385 e. The molecule has 1 N–H and O–H groups in total. The van der Waals surface area contributed by atoms with Crippen LogP contribution in [0.2, 0.25) is 0 Å². The maximum atomic E-state index is 5.18. The number of hydrogen-bond donors (Lipinski definition) is 1. The standard InChI is InChI=1S/C16H32N2O/c1-3-15-13-18(11-7-8-12-19-2)16(14-17-15)9-5-4-6-10-16/h15,17H,3-14H2,1-2H3. The van der Waals surface area contributed by atoms with Crippen LogP contribution in [0.15, 0.2) is 0 Å². The van der Waals surface area contributed by atoms with Crippen LogP contribution in [-0.2, 0) is 4.74 Å². The lowest BCUT2D eigenvalue weighted by molar-refractivity contribution is 0.00706. The third-order valence-electron chi connectivity index (χ3n) is 5.13. The zero-order valence-corrected chi connectivity index (χ0v) is 12.9. The molecule has 0 aromatic heterocycles. The van der Waals surface area contributed by atoms with E-state index < -0.39 is 0 Å². The van der Waals surface area contributed by atoms with Gasteiger partial charge in [0.05, 0.1) is 0 Å². The Morgan fingerprint density at radius 1 is 1.21 bits per heavy atom. The van der Waals surface area contributed by atoms with Gasteiger partial charge in [0.25, 0.3) is 0 Å². The van der Waals surface area contributed by atoms with Crippen LogP contribution in [0.3, 0.4) is 0 Å². The predicted octanol–water partition coefficient (Wildman–Crippen LogP) is 2.80. The second kappa shape index (κ2) is 7.61. The third-order valence-corrected chi connectivity index (χ3v) is 5.13. The predicted molar refractivity (Wildman–Crippen MR) is 80.6 cm³/mol. The van der Waals surface area contributed by atoms with Crippen LogP contribution in [0.1, 0.15) is 58.3 Å². The van der Waals surface area contributed by atoms with Crippen molar-refractivity contribution in [3.63, 3.8) is 0 Å². The number of unbranched alkanes of at least 4 members (excludes halogenated alkanes) is 1. The van der Waals surface area contributed by atoms with E-state index in [9.17, 15) is 0 Å². The first kappa shape index (κ1) is 15.3. The zero-order valence-electron chi connectivity index (χ0n) is 12.9. The highest BCUT2D eigenvalue weighted by atomic mass is 16.5. The van der Waals surface area contributed by atoms with E-state index in [0.717, 1.165) is 6.61 Å². The molecule has 112 valence electrons. The van der Waals surface area contributed by atoms with Gasteiger partial charge in [-0.25, -0.2) is 0 Å². The fourth-order valence-electron chi connectivity index (χ4n) is 3.82. The van der Waals surface area contributed by atoms with Crippen molar-refractivity contribution in [2.75, 3.05) is 33.4 Å². The fourth-order valence-corrected chi connectivity index (χ4v) is 3.82. The summed E-state index contributed by atoms with van der Waals surface area (Å²) in [6.45, 7) is 6.96. The monoisotopic (exact) mass is 268 g/mol. The lowest BCUT2D eigenvalue weighted by Gasteiger charge is -2.52. The molecule has 1 saturated heterocycles. The molecule has 19 heavy (non-hydrogen) atoms. The SMILES string of the molecule is CCC1CN(CCCCOC)C2(CCCCC2)CN1. The Labute approximate surface area is 119 Å². The van der Waals surface area contributed by atoms with E-state index in [4.69, 9.17) is 4.74 Å². The summed E-state index contributed by atoms with van der Waals surface area (Å²) in [5, 5.41) is 3.79. The average molecular weight is 268 g/mol. The molecule has 1 saturated carbocycles. The Hall–Kier alpha value is -0.120. The summed E-state index contributed by atoms with van der Waals surface area (Å²) in [6.07, 6.45) is 10.8. The second-order valence-corrected chi connectivity index (χ2v) is 6.42. The van der Waals surface area contributed by atoms with Gasteiger partial charge in [0.1, 0.15) is 0 Å². The van der Waals surface area contributed by atoms with Gasteiger partial charge in [-0.1, -0.05) is 26.2 Å². The van der Waals surface area contributed by atoms with E-state index in [1.54, 1.807) is 7.11 Å². The number of rotatable bonds is 6. The highest BCUT2D eigenvalue weighted by Crippen LogP contribution is 2.35. The summed E-state index contributed by atoms with van der Waals surface area (Å²) in [5.41, 5.74) is 0.483. The van der Waals surface area contributed by atoms with Crippen LogP contribution < -0.4 is 5.32 Å². The van der Waals surface area contributed by atoms with Gasteiger partial charge >= 0.3 is 0 Å². The van der Waals surface area contributed by atoms with Crippen molar-refractivity contribution in [3.05, 3.63) is 0 Å². The molecular formula is C16H32N2O. The Balaban J connectivity index is 1.90. The van der Waals surface area contributed by atoms with Gasteiger partial charge in [-0.15, -0.1) is 0 Å². The number of methoxy groups -OCH3 is 1. The van der Waals surface area contributed by atoms with Crippen LogP contribution >= 0.6 is 0 Å². The molecule has 0 aromatic rings. The van der Waals surface area contributed by atoms with Gasteiger partial charge in [0.15, 0.2) is 0 Å². The first-order chi connectivity index (χ1) is 9.30. The Morgan fingerprint density at radius 3 is 2.68 bits per heavy atom. The molecule has 1 aliphatic carbocycles. The minimum absolute atomic E-state index is 0.483. The quantitative estimate of drug-likeness (QED) is 0.750. The number of nitrogens with one attached hydrogen (secondary N) is 1. The molecule has 2 aliphatic rings. The molecule has 1 heterocycles. The maximum absolute atomic E-state index is 5.18. The molecule has 2 rings (SSSR count). The summed E-state index contributed by atoms with van der Waals surface area (Å²) in [6, 6.07) is 0.704. The van der Waals surface area contributed by atoms with Crippen LogP contribution in [0, 0.1) is 0 Å². The summed E-state index contributed by atoms with van der Waals surface area (Å²) >= 11 is 0. The van der Waals surface area contributed by atoms with Crippen molar-refractivity contribution >= 4 is 0 Å². The van der Waals surface area contributed by atoms with Crippen molar-refractivity contribution in [2.24, 2.45) is 0 Å². The fraction of sp³-hybridized carbons (Fsp3) is 1.00.